The number of aromatic nitrogens is 5. The van der Waals surface area contributed by atoms with E-state index in [2.05, 4.69) is 25.6 Å². The second-order valence-electron chi connectivity index (χ2n) is 9.42. The van der Waals surface area contributed by atoms with E-state index in [1.165, 1.54) is 7.11 Å². The molecule has 0 aliphatic heterocycles. The lowest BCUT2D eigenvalue weighted by Gasteiger charge is -2.22. The van der Waals surface area contributed by atoms with Gasteiger partial charge in [-0.05, 0) is 55.7 Å². The number of aromatic hydroxyl groups is 1. The number of rotatable bonds is 7. The summed E-state index contributed by atoms with van der Waals surface area (Å²) in [4.78, 5) is 29.3. The van der Waals surface area contributed by atoms with E-state index in [1.54, 1.807) is 12.1 Å². The van der Waals surface area contributed by atoms with Crippen molar-refractivity contribution in [3.8, 4) is 11.9 Å². The molecule has 35 heavy (non-hydrogen) atoms. The smallest absolute Gasteiger partial charge is 0.356 e. The summed E-state index contributed by atoms with van der Waals surface area (Å²) in [7, 11) is 1.33. The van der Waals surface area contributed by atoms with E-state index in [4.69, 9.17) is 9.72 Å². The van der Waals surface area contributed by atoms with E-state index in [0.29, 0.717) is 48.7 Å². The Morgan fingerprint density at radius 1 is 1.34 bits per heavy atom. The number of pyridine rings is 1. The van der Waals surface area contributed by atoms with Gasteiger partial charge in [-0.25, -0.2) is 19.7 Å². The predicted octanol–water partition coefficient (Wildman–Crippen LogP) is 3.97. The number of hydrogen-bond donors (Lipinski definition) is 1. The minimum atomic E-state index is -0.837. The predicted molar refractivity (Wildman–Crippen MR) is 123 cm³/mol. The summed E-state index contributed by atoms with van der Waals surface area (Å²) < 4.78 is 20.2. The van der Waals surface area contributed by atoms with Crippen LogP contribution in [0, 0.1) is 28.5 Å². The number of esters is 1. The minimum Gasteiger partial charge on any atom is -0.491 e. The summed E-state index contributed by atoms with van der Waals surface area (Å²) in [6.45, 7) is 0.639. The Bertz CT molecular complexity index is 1370. The molecular weight excluding hydrogens is 451 g/mol. The molecule has 2 aliphatic rings. The van der Waals surface area contributed by atoms with Crippen LogP contribution < -0.4 is 0 Å². The number of nitriles is 1. The summed E-state index contributed by atoms with van der Waals surface area (Å²) >= 11 is 0. The van der Waals surface area contributed by atoms with E-state index in [1.807, 2.05) is 6.08 Å². The lowest BCUT2D eigenvalue weighted by atomic mass is 9.87. The van der Waals surface area contributed by atoms with E-state index in [0.717, 1.165) is 43.3 Å². The van der Waals surface area contributed by atoms with Gasteiger partial charge in [-0.15, -0.1) is 0 Å². The van der Waals surface area contributed by atoms with E-state index in [9.17, 15) is 19.6 Å². The summed E-state index contributed by atoms with van der Waals surface area (Å²) in [5.41, 5.74) is 2.39. The number of ether oxygens (including phenoxy) is 1. The Kier molecular flexibility index (Phi) is 5.93. The summed E-state index contributed by atoms with van der Waals surface area (Å²) in [6, 6.07) is 5.71. The van der Waals surface area contributed by atoms with Crippen LogP contribution in [0.15, 0.2) is 24.4 Å². The topological polar surface area (TPSA) is 127 Å². The lowest BCUT2D eigenvalue weighted by molar-refractivity contribution is 0.0594. The van der Waals surface area contributed by atoms with Crippen LogP contribution in [0.5, 0.6) is 5.88 Å². The first-order chi connectivity index (χ1) is 16.9. The van der Waals surface area contributed by atoms with Gasteiger partial charge in [-0.1, -0.05) is 6.08 Å². The number of halogens is 1. The van der Waals surface area contributed by atoms with Crippen molar-refractivity contribution in [3.63, 3.8) is 0 Å². The maximum absolute atomic E-state index is 13.3. The first-order valence-electron chi connectivity index (χ1n) is 11.6. The number of carbonyl (C=O) groups is 1. The molecule has 1 saturated carbocycles. The van der Waals surface area contributed by atoms with Gasteiger partial charge >= 0.3 is 5.97 Å². The fraction of sp³-hybridized carbons (Fsp3) is 0.440. The SMILES string of the molecule is COC(=O)c1ccc2nc(CC3CC=C(c4ncc(F)c(O)n4)CC3)n(CC3(CC#N)CC3)c2n1. The number of fused-ring (bicyclic) bond motifs is 1. The second kappa shape index (κ2) is 9.06. The van der Waals surface area contributed by atoms with Gasteiger partial charge in [-0.3, -0.25) is 0 Å². The highest BCUT2D eigenvalue weighted by molar-refractivity contribution is 5.89. The Morgan fingerprint density at radius 3 is 2.83 bits per heavy atom. The van der Waals surface area contributed by atoms with Crippen molar-refractivity contribution in [1.82, 2.24) is 24.5 Å². The monoisotopic (exact) mass is 476 g/mol. The highest BCUT2D eigenvalue weighted by atomic mass is 19.1. The molecule has 1 N–H and O–H groups in total. The zero-order chi connectivity index (χ0) is 24.6. The van der Waals surface area contributed by atoms with Gasteiger partial charge in [0.15, 0.2) is 17.2 Å². The molecule has 0 spiro atoms. The van der Waals surface area contributed by atoms with E-state index >= 15 is 0 Å². The molecule has 2 aliphatic carbocycles. The third-order valence-electron chi connectivity index (χ3n) is 6.97. The Balaban J connectivity index is 1.42. The maximum atomic E-state index is 13.3. The highest BCUT2D eigenvalue weighted by Crippen LogP contribution is 2.50. The number of methoxy groups -OCH3 is 1. The Hall–Kier alpha value is -3.87. The van der Waals surface area contributed by atoms with Crippen LogP contribution in [0.2, 0.25) is 0 Å². The molecule has 0 bridgehead atoms. The molecule has 3 heterocycles. The third kappa shape index (κ3) is 4.58. The molecule has 180 valence electrons. The molecule has 9 nitrogen and oxygen atoms in total. The number of nitrogens with zero attached hydrogens (tertiary/aromatic N) is 6. The normalized spacial score (nSPS) is 18.7. The third-order valence-corrected chi connectivity index (χ3v) is 6.97. The largest absolute Gasteiger partial charge is 0.491 e. The average Bonchev–Trinajstić information content (AvgIpc) is 3.55. The summed E-state index contributed by atoms with van der Waals surface area (Å²) in [5, 5.41) is 18.9. The van der Waals surface area contributed by atoms with Crippen molar-refractivity contribution in [2.45, 2.75) is 51.5 Å². The van der Waals surface area contributed by atoms with Gasteiger partial charge in [0.25, 0.3) is 5.88 Å². The molecule has 3 aromatic heterocycles. The van der Waals surface area contributed by atoms with Gasteiger partial charge in [-0.2, -0.15) is 14.6 Å². The summed E-state index contributed by atoms with van der Waals surface area (Å²) in [6.07, 6.45) is 8.52. The van der Waals surface area contributed by atoms with Crippen LogP contribution in [-0.2, 0) is 17.7 Å². The number of allylic oxidation sites excluding steroid dienone is 2. The fourth-order valence-electron chi connectivity index (χ4n) is 4.71. The van der Waals surface area contributed by atoms with Crippen molar-refractivity contribution in [2.24, 2.45) is 11.3 Å². The highest BCUT2D eigenvalue weighted by Gasteiger charge is 2.43. The molecule has 1 fully saturated rings. The van der Waals surface area contributed by atoms with Gasteiger partial charge in [0.05, 0.1) is 19.4 Å². The molecule has 0 saturated heterocycles. The zero-order valence-corrected chi connectivity index (χ0v) is 19.4. The first kappa shape index (κ1) is 22.9. The van der Waals surface area contributed by atoms with Crippen molar-refractivity contribution in [3.05, 3.63) is 47.6 Å². The maximum Gasteiger partial charge on any atom is 0.356 e. The number of imidazole rings is 1. The van der Waals surface area contributed by atoms with Crippen molar-refractivity contribution >= 4 is 22.7 Å². The molecule has 10 heteroatoms. The van der Waals surface area contributed by atoms with E-state index < -0.39 is 17.7 Å². The lowest BCUT2D eigenvalue weighted by Crippen LogP contribution is -2.18. The quantitative estimate of drug-likeness (QED) is 0.508. The molecule has 3 aromatic rings. The van der Waals surface area contributed by atoms with Crippen LogP contribution in [0.1, 0.15) is 60.7 Å². The molecule has 1 atom stereocenters. The Morgan fingerprint density at radius 2 is 2.17 bits per heavy atom. The van der Waals surface area contributed by atoms with Crippen molar-refractivity contribution in [1.29, 1.82) is 5.26 Å². The van der Waals surface area contributed by atoms with Crippen LogP contribution in [0.4, 0.5) is 4.39 Å². The van der Waals surface area contributed by atoms with E-state index in [-0.39, 0.29) is 11.1 Å². The van der Waals surface area contributed by atoms with Crippen molar-refractivity contribution < 1.29 is 19.0 Å². The fourth-order valence-corrected chi connectivity index (χ4v) is 4.71. The average molecular weight is 477 g/mol. The standard InChI is InChI=1S/C25H25FN6O3/c1-35-24(34)19-7-6-18-22(30-19)32(14-25(8-9-25)10-11-27)20(29-18)12-15-2-4-16(5-3-15)21-28-13-17(26)23(33)31-21/h4,6-7,13,15H,2-3,5,8-10,12,14H2,1H3,(H,28,31,33). The zero-order valence-electron chi connectivity index (χ0n) is 19.4. The van der Waals surface area contributed by atoms with Crippen LogP contribution in [0.3, 0.4) is 0 Å². The molecule has 5 rings (SSSR count). The van der Waals surface area contributed by atoms with Crippen LogP contribution in [-0.4, -0.2) is 42.7 Å². The second-order valence-corrected chi connectivity index (χ2v) is 9.42. The van der Waals surface area contributed by atoms with Crippen LogP contribution >= 0.6 is 0 Å². The molecule has 0 radical (unpaired) electrons. The van der Waals surface area contributed by atoms with Gasteiger partial charge in [0.2, 0.25) is 5.82 Å². The molecule has 0 amide bonds. The first-order valence-corrected chi connectivity index (χ1v) is 11.6. The van der Waals surface area contributed by atoms with Crippen LogP contribution in [0.25, 0.3) is 16.7 Å². The molecular formula is C25H25FN6O3. The van der Waals surface area contributed by atoms with Gasteiger partial charge < -0.3 is 14.4 Å². The summed E-state index contributed by atoms with van der Waals surface area (Å²) in [5.74, 6) is -0.432. The van der Waals surface area contributed by atoms with Gasteiger partial charge in [0.1, 0.15) is 11.3 Å². The number of hydrogen-bond acceptors (Lipinski definition) is 8. The number of carbonyl (C=O) groups excluding carboxylic acids is 1. The molecule has 0 aromatic carbocycles. The van der Waals surface area contributed by atoms with Crippen molar-refractivity contribution in [2.75, 3.05) is 7.11 Å². The Labute approximate surface area is 201 Å². The molecule has 1 unspecified atom stereocenters. The van der Waals surface area contributed by atoms with Gasteiger partial charge in [0, 0.05) is 24.8 Å². The minimum absolute atomic E-state index is 0.0678.